The lowest BCUT2D eigenvalue weighted by Gasteiger charge is -2.09. The van der Waals surface area contributed by atoms with E-state index >= 15 is 0 Å². The third-order valence-corrected chi connectivity index (χ3v) is 4.14. The summed E-state index contributed by atoms with van der Waals surface area (Å²) < 4.78 is 5.75. The second-order valence-corrected chi connectivity index (χ2v) is 6.94. The van der Waals surface area contributed by atoms with Gasteiger partial charge in [0, 0.05) is 12.2 Å². The van der Waals surface area contributed by atoms with E-state index in [-0.39, 0.29) is 5.91 Å². The van der Waals surface area contributed by atoms with Gasteiger partial charge in [-0.05, 0) is 60.9 Å². The number of anilines is 2. The Morgan fingerprint density at radius 1 is 0.929 bits per heavy atom. The molecule has 2 N–H and O–H groups in total. The second-order valence-electron chi connectivity index (χ2n) is 6.94. The van der Waals surface area contributed by atoms with Gasteiger partial charge < -0.3 is 15.4 Å². The Bertz CT molecular complexity index is 876. The fourth-order valence-corrected chi connectivity index (χ4v) is 2.56. The third-order valence-electron chi connectivity index (χ3n) is 4.14. The van der Waals surface area contributed by atoms with Crippen LogP contribution in [-0.2, 0) is 0 Å². The first-order chi connectivity index (χ1) is 13.6. The molecule has 2 aromatic carbocycles. The minimum absolute atomic E-state index is 0.245. The molecule has 1 aromatic heterocycles. The molecule has 0 saturated heterocycles. The van der Waals surface area contributed by atoms with E-state index in [0.29, 0.717) is 23.0 Å². The molecule has 3 aromatic rings. The zero-order valence-corrected chi connectivity index (χ0v) is 16.2. The van der Waals surface area contributed by atoms with Crippen LogP contribution < -0.4 is 15.4 Å². The van der Waals surface area contributed by atoms with Gasteiger partial charge in [-0.25, -0.2) is 4.98 Å². The maximum atomic E-state index is 12.4. The Kier molecular flexibility index (Phi) is 6.63. The number of carbonyl (C=O) groups is 1. The molecular weight excluding hydrogens is 350 g/mol. The van der Waals surface area contributed by atoms with Crippen LogP contribution in [0.1, 0.15) is 30.8 Å². The maximum Gasteiger partial charge on any atom is 0.274 e. The van der Waals surface area contributed by atoms with Crippen molar-refractivity contribution in [3.63, 3.8) is 0 Å². The standard InChI is InChI=1S/C23H25N3O2/c1-17(2)14-15-24-19-10-13-22(25-16-19)23(27)26-18-8-11-21(12-9-18)28-20-6-4-3-5-7-20/h3-13,16-17,24H,14-15H2,1-2H3,(H,26,27). The van der Waals surface area contributed by atoms with Crippen LogP contribution in [-0.4, -0.2) is 17.4 Å². The molecule has 0 aliphatic carbocycles. The summed E-state index contributed by atoms with van der Waals surface area (Å²) in [6.07, 6.45) is 2.78. The second kappa shape index (κ2) is 9.55. The smallest absolute Gasteiger partial charge is 0.274 e. The largest absolute Gasteiger partial charge is 0.457 e. The number of nitrogens with one attached hydrogen (secondary N) is 2. The Hall–Kier alpha value is -3.34. The van der Waals surface area contributed by atoms with E-state index < -0.39 is 0 Å². The van der Waals surface area contributed by atoms with E-state index in [1.807, 2.05) is 48.5 Å². The molecule has 0 radical (unpaired) electrons. The van der Waals surface area contributed by atoms with Crippen molar-refractivity contribution < 1.29 is 9.53 Å². The lowest BCUT2D eigenvalue weighted by atomic mass is 10.1. The summed E-state index contributed by atoms with van der Waals surface area (Å²) in [6.45, 7) is 5.27. The average Bonchev–Trinajstić information content (AvgIpc) is 2.70. The lowest BCUT2D eigenvalue weighted by molar-refractivity contribution is 0.102. The van der Waals surface area contributed by atoms with Gasteiger partial charge in [0.2, 0.25) is 0 Å². The quantitative estimate of drug-likeness (QED) is 0.539. The van der Waals surface area contributed by atoms with Gasteiger partial charge in [-0.2, -0.15) is 0 Å². The fraction of sp³-hybridized carbons (Fsp3) is 0.217. The predicted octanol–water partition coefficient (Wildman–Crippen LogP) is 5.58. The number of carbonyl (C=O) groups excluding carboxylic acids is 1. The zero-order valence-electron chi connectivity index (χ0n) is 16.2. The van der Waals surface area contributed by atoms with Gasteiger partial charge in [0.25, 0.3) is 5.91 Å². The molecule has 0 unspecified atom stereocenters. The van der Waals surface area contributed by atoms with Crippen LogP contribution in [0.2, 0.25) is 0 Å². The molecule has 5 heteroatoms. The average molecular weight is 375 g/mol. The van der Waals surface area contributed by atoms with E-state index in [2.05, 4.69) is 29.5 Å². The molecule has 0 aliphatic rings. The molecule has 1 amide bonds. The molecule has 1 heterocycles. The Balaban J connectivity index is 1.54. The summed E-state index contributed by atoms with van der Waals surface area (Å²) in [6, 6.07) is 20.4. The molecular formula is C23H25N3O2. The SMILES string of the molecule is CC(C)CCNc1ccc(C(=O)Nc2ccc(Oc3ccccc3)cc2)nc1. The van der Waals surface area contributed by atoms with E-state index in [1.165, 1.54) is 0 Å². The van der Waals surface area contributed by atoms with Gasteiger partial charge in [-0.1, -0.05) is 32.0 Å². The van der Waals surface area contributed by atoms with Crippen molar-refractivity contribution in [1.82, 2.24) is 4.98 Å². The summed E-state index contributed by atoms with van der Waals surface area (Å²) in [5.41, 5.74) is 1.98. The molecule has 3 rings (SSSR count). The fourth-order valence-electron chi connectivity index (χ4n) is 2.56. The third kappa shape index (κ3) is 5.84. The monoisotopic (exact) mass is 375 g/mol. The van der Waals surface area contributed by atoms with E-state index in [1.54, 1.807) is 24.4 Å². The van der Waals surface area contributed by atoms with Gasteiger partial charge in [-0.3, -0.25) is 4.79 Å². The Morgan fingerprint density at radius 3 is 2.25 bits per heavy atom. The molecule has 0 atom stereocenters. The molecule has 0 fully saturated rings. The van der Waals surface area contributed by atoms with Gasteiger partial charge in [0.05, 0.1) is 11.9 Å². The molecule has 0 aliphatic heterocycles. The summed E-state index contributed by atoms with van der Waals surface area (Å²) in [5.74, 6) is 1.88. The van der Waals surface area contributed by atoms with Crippen molar-refractivity contribution in [2.24, 2.45) is 5.92 Å². The number of amides is 1. The predicted molar refractivity (Wildman–Crippen MR) is 113 cm³/mol. The highest BCUT2D eigenvalue weighted by Gasteiger charge is 2.08. The van der Waals surface area contributed by atoms with Crippen LogP contribution in [0.15, 0.2) is 72.9 Å². The van der Waals surface area contributed by atoms with Crippen molar-refractivity contribution in [3.05, 3.63) is 78.6 Å². The Morgan fingerprint density at radius 2 is 1.61 bits per heavy atom. The number of rotatable bonds is 8. The number of nitrogens with zero attached hydrogens (tertiary/aromatic N) is 1. The van der Waals surface area contributed by atoms with Crippen molar-refractivity contribution in [3.8, 4) is 11.5 Å². The van der Waals surface area contributed by atoms with Gasteiger partial charge >= 0.3 is 0 Å². The highest BCUT2D eigenvalue weighted by Crippen LogP contribution is 2.22. The van der Waals surface area contributed by atoms with E-state index in [9.17, 15) is 4.79 Å². The van der Waals surface area contributed by atoms with Crippen molar-refractivity contribution in [2.45, 2.75) is 20.3 Å². The minimum atomic E-state index is -0.245. The van der Waals surface area contributed by atoms with Crippen LogP contribution in [0.4, 0.5) is 11.4 Å². The van der Waals surface area contributed by atoms with Crippen LogP contribution in [0.25, 0.3) is 0 Å². The number of hydrogen-bond acceptors (Lipinski definition) is 4. The van der Waals surface area contributed by atoms with Crippen LogP contribution in [0.5, 0.6) is 11.5 Å². The number of para-hydroxylation sites is 1. The number of pyridine rings is 1. The van der Waals surface area contributed by atoms with E-state index in [0.717, 1.165) is 24.4 Å². The summed E-state index contributed by atoms with van der Waals surface area (Å²) >= 11 is 0. The summed E-state index contributed by atoms with van der Waals surface area (Å²) in [5, 5.41) is 6.16. The topological polar surface area (TPSA) is 63.2 Å². The number of hydrogen-bond donors (Lipinski definition) is 2. The van der Waals surface area contributed by atoms with E-state index in [4.69, 9.17) is 4.74 Å². The number of benzene rings is 2. The van der Waals surface area contributed by atoms with Crippen molar-refractivity contribution >= 4 is 17.3 Å². The van der Waals surface area contributed by atoms with Gasteiger partial charge in [0.15, 0.2) is 0 Å². The minimum Gasteiger partial charge on any atom is -0.457 e. The lowest BCUT2D eigenvalue weighted by Crippen LogP contribution is -2.14. The molecule has 0 bridgehead atoms. The van der Waals surface area contributed by atoms with Crippen LogP contribution in [0, 0.1) is 5.92 Å². The molecule has 28 heavy (non-hydrogen) atoms. The first-order valence-corrected chi connectivity index (χ1v) is 9.44. The molecule has 144 valence electrons. The molecule has 5 nitrogen and oxygen atoms in total. The van der Waals surface area contributed by atoms with Crippen LogP contribution in [0.3, 0.4) is 0 Å². The van der Waals surface area contributed by atoms with Crippen LogP contribution >= 0.6 is 0 Å². The normalized spacial score (nSPS) is 10.5. The summed E-state index contributed by atoms with van der Waals surface area (Å²) in [7, 11) is 0. The van der Waals surface area contributed by atoms with Crippen molar-refractivity contribution in [2.75, 3.05) is 17.2 Å². The highest BCUT2D eigenvalue weighted by molar-refractivity contribution is 6.02. The molecule has 0 spiro atoms. The van der Waals surface area contributed by atoms with Crippen molar-refractivity contribution in [1.29, 1.82) is 0 Å². The number of ether oxygens (including phenoxy) is 1. The van der Waals surface area contributed by atoms with Gasteiger partial charge in [-0.15, -0.1) is 0 Å². The Labute approximate surface area is 165 Å². The highest BCUT2D eigenvalue weighted by atomic mass is 16.5. The first kappa shape index (κ1) is 19.4. The van der Waals surface area contributed by atoms with Gasteiger partial charge in [0.1, 0.15) is 17.2 Å². The number of aromatic nitrogens is 1. The zero-order chi connectivity index (χ0) is 19.8. The first-order valence-electron chi connectivity index (χ1n) is 9.44. The summed E-state index contributed by atoms with van der Waals surface area (Å²) in [4.78, 5) is 16.6. The molecule has 0 saturated carbocycles. The maximum absolute atomic E-state index is 12.4.